The van der Waals surface area contributed by atoms with Gasteiger partial charge in [0, 0.05) is 16.7 Å². The van der Waals surface area contributed by atoms with Gasteiger partial charge in [-0.05, 0) is 17.7 Å². The first-order valence-electron chi connectivity index (χ1n) is 12.5. The Balaban J connectivity index is 1.76. The molecule has 0 amide bonds. The van der Waals surface area contributed by atoms with Crippen LogP contribution in [0.1, 0.15) is 33.5 Å². The van der Waals surface area contributed by atoms with E-state index in [1.54, 1.807) is 0 Å². The first kappa shape index (κ1) is 24.7. The van der Waals surface area contributed by atoms with Gasteiger partial charge in [-0.15, -0.1) is 0 Å². The fourth-order valence-corrected chi connectivity index (χ4v) is 5.05. The van der Waals surface area contributed by atoms with Gasteiger partial charge in [0.1, 0.15) is 19.2 Å². The minimum atomic E-state index is -0.690. The monoisotopic (exact) mass is 498 g/mol. The van der Waals surface area contributed by atoms with Crippen molar-refractivity contribution >= 4 is 5.97 Å². The Kier molecular flexibility index (Phi) is 7.15. The highest BCUT2D eigenvalue weighted by Crippen LogP contribution is 2.36. The molecule has 38 heavy (non-hydrogen) atoms. The fourth-order valence-electron chi connectivity index (χ4n) is 5.05. The summed E-state index contributed by atoms with van der Waals surface area (Å²) in [5.41, 5.74) is 5.08. The maximum absolute atomic E-state index is 12.5. The molecule has 0 N–H and O–H groups in total. The number of nitrogens with zero attached hydrogens (tertiary/aromatic N) is 3. The zero-order chi connectivity index (χ0) is 26.4. The molecule has 0 unspecified atom stereocenters. The molecule has 0 aliphatic rings. The van der Waals surface area contributed by atoms with Gasteiger partial charge in [-0.2, -0.15) is 5.26 Å². The summed E-state index contributed by atoms with van der Waals surface area (Å²) in [7, 11) is 1.41. The van der Waals surface area contributed by atoms with Crippen molar-refractivity contribution < 1.29 is 14.1 Å². The van der Waals surface area contributed by atoms with E-state index >= 15 is 0 Å². The molecule has 5 aromatic rings. The van der Waals surface area contributed by atoms with Gasteiger partial charge in [-0.1, -0.05) is 103 Å². The molecule has 0 saturated heterocycles. The van der Waals surface area contributed by atoms with Gasteiger partial charge in [0.2, 0.25) is 6.33 Å². The number of hydrogen-bond donors (Lipinski definition) is 0. The summed E-state index contributed by atoms with van der Waals surface area (Å²) >= 11 is 0. The van der Waals surface area contributed by atoms with Crippen LogP contribution >= 0.6 is 0 Å². The van der Waals surface area contributed by atoms with Crippen molar-refractivity contribution in [3.8, 4) is 6.07 Å². The predicted molar refractivity (Wildman–Crippen MR) is 145 cm³/mol. The van der Waals surface area contributed by atoms with E-state index in [9.17, 15) is 10.1 Å². The maximum atomic E-state index is 12.5. The third-order valence-electron chi connectivity index (χ3n) is 6.87. The Morgan fingerprint density at radius 1 is 0.816 bits per heavy atom. The first-order chi connectivity index (χ1) is 18.6. The van der Waals surface area contributed by atoms with Gasteiger partial charge < -0.3 is 4.74 Å². The molecule has 5 heteroatoms. The highest BCUT2D eigenvalue weighted by molar-refractivity contribution is 5.71. The second-order valence-corrected chi connectivity index (χ2v) is 9.14. The van der Waals surface area contributed by atoms with Crippen molar-refractivity contribution in [2.24, 2.45) is 0 Å². The third kappa shape index (κ3) is 4.72. The van der Waals surface area contributed by atoms with Crippen LogP contribution in [0.5, 0.6) is 0 Å². The molecule has 0 atom stereocenters. The van der Waals surface area contributed by atoms with Gasteiger partial charge in [0.25, 0.3) is 0 Å². The summed E-state index contributed by atoms with van der Waals surface area (Å²) in [4.78, 5) is 12.5. The number of hydrogen-bond acceptors (Lipinski definition) is 3. The van der Waals surface area contributed by atoms with E-state index in [1.165, 1.54) is 7.11 Å². The molecule has 0 radical (unpaired) electrons. The van der Waals surface area contributed by atoms with Crippen molar-refractivity contribution in [1.29, 1.82) is 5.26 Å². The summed E-state index contributed by atoms with van der Waals surface area (Å²) in [5, 5.41) is 9.20. The lowest BCUT2D eigenvalue weighted by atomic mass is 9.77. The minimum Gasteiger partial charge on any atom is -0.469 e. The lowest BCUT2D eigenvalue weighted by Gasteiger charge is -2.32. The van der Waals surface area contributed by atoms with Crippen LogP contribution in [0.4, 0.5) is 0 Å². The summed E-state index contributed by atoms with van der Waals surface area (Å²) < 4.78 is 9.33. The maximum Gasteiger partial charge on any atom is 0.313 e. The number of benzene rings is 4. The molecule has 186 valence electrons. The Morgan fingerprint density at radius 2 is 1.32 bits per heavy atom. The molecule has 5 nitrogen and oxygen atoms in total. The second kappa shape index (κ2) is 11.0. The fraction of sp³-hybridized carbons (Fsp3) is 0.121. The normalized spacial score (nSPS) is 11.1. The van der Waals surface area contributed by atoms with Gasteiger partial charge in [-0.3, -0.25) is 4.79 Å². The number of methoxy groups -OCH3 is 1. The summed E-state index contributed by atoms with van der Waals surface area (Å²) in [6.07, 6.45) is 4.26. The molecular formula is C33H28N3O2+. The number of carbonyl (C=O) groups is 1. The summed E-state index contributed by atoms with van der Waals surface area (Å²) in [6.45, 7) is 0.541. The lowest BCUT2D eigenvalue weighted by molar-refractivity contribution is -0.734. The molecule has 1 aromatic heterocycles. The van der Waals surface area contributed by atoms with E-state index in [2.05, 4.69) is 94.3 Å². The Hall–Kier alpha value is -4.95. The van der Waals surface area contributed by atoms with Crippen LogP contribution in [0.2, 0.25) is 0 Å². The van der Waals surface area contributed by atoms with Crippen LogP contribution in [-0.2, 0) is 28.0 Å². The molecule has 0 spiro atoms. The predicted octanol–water partition coefficient (Wildman–Crippen LogP) is 5.25. The molecule has 5 rings (SSSR count). The van der Waals surface area contributed by atoms with Crippen molar-refractivity contribution in [1.82, 2.24) is 4.57 Å². The number of aromatic nitrogens is 2. The first-order valence-corrected chi connectivity index (χ1v) is 12.5. The summed E-state index contributed by atoms with van der Waals surface area (Å²) in [6, 6.07) is 41.0. The van der Waals surface area contributed by atoms with Crippen molar-refractivity contribution in [3.63, 3.8) is 0 Å². The number of imidazole rings is 1. The highest BCUT2D eigenvalue weighted by atomic mass is 16.5. The van der Waals surface area contributed by atoms with Crippen molar-refractivity contribution in [2.45, 2.75) is 18.5 Å². The molecule has 0 aliphatic carbocycles. The van der Waals surface area contributed by atoms with E-state index in [1.807, 2.05) is 48.7 Å². The van der Waals surface area contributed by atoms with Crippen LogP contribution in [-0.4, -0.2) is 17.6 Å². The van der Waals surface area contributed by atoms with E-state index < -0.39 is 5.54 Å². The van der Waals surface area contributed by atoms with Crippen LogP contribution in [0.3, 0.4) is 0 Å². The topological polar surface area (TPSA) is 58.9 Å². The molecule has 1 heterocycles. The number of rotatable bonds is 8. The largest absolute Gasteiger partial charge is 0.469 e. The molecule has 0 saturated carbocycles. The van der Waals surface area contributed by atoms with Gasteiger partial charge in [-0.25, -0.2) is 9.13 Å². The minimum absolute atomic E-state index is 0.133. The average Bonchev–Trinajstić information content (AvgIpc) is 3.37. The average molecular weight is 499 g/mol. The lowest BCUT2D eigenvalue weighted by Crippen LogP contribution is -2.57. The van der Waals surface area contributed by atoms with Gasteiger partial charge in [0.15, 0.2) is 11.2 Å². The number of carbonyl (C=O) groups excluding carboxylic acids is 1. The molecule has 0 fully saturated rings. The Morgan fingerprint density at radius 3 is 1.76 bits per heavy atom. The molecular weight excluding hydrogens is 470 g/mol. The smallest absolute Gasteiger partial charge is 0.313 e. The van der Waals surface area contributed by atoms with Crippen LogP contribution in [0.25, 0.3) is 0 Å². The van der Waals surface area contributed by atoms with Gasteiger partial charge in [0.05, 0.1) is 18.7 Å². The highest BCUT2D eigenvalue weighted by Gasteiger charge is 2.43. The van der Waals surface area contributed by atoms with Crippen LogP contribution in [0, 0.1) is 11.3 Å². The zero-order valence-electron chi connectivity index (χ0n) is 21.2. The molecule has 0 aliphatic heterocycles. The second-order valence-electron chi connectivity index (χ2n) is 9.14. The van der Waals surface area contributed by atoms with E-state index in [4.69, 9.17) is 4.74 Å². The number of ether oxygens (including phenoxy) is 1. The zero-order valence-corrected chi connectivity index (χ0v) is 21.2. The quantitative estimate of drug-likeness (QED) is 0.167. The standard InChI is InChI=1S/C33H28N3O2/c1-38-32(37)21-31-24-36(25-35(31)23-27-19-17-26(22-34)18-20-27)33(28-11-5-2-6-12-28,29-13-7-3-8-14-29)30-15-9-4-10-16-30/h2-20,24-25H,21,23H2,1H3/q+1. The third-order valence-corrected chi connectivity index (χ3v) is 6.87. The molecule has 0 bridgehead atoms. The van der Waals surface area contributed by atoms with E-state index in [-0.39, 0.29) is 12.4 Å². The van der Waals surface area contributed by atoms with E-state index in [0.717, 1.165) is 27.9 Å². The summed E-state index contributed by atoms with van der Waals surface area (Å²) in [5.74, 6) is -0.305. The van der Waals surface area contributed by atoms with Crippen LogP contribution in [0.15, 0.2) is 128 Å². The Bertz CT molecular complexity index is 1460. The van der Waals surface area contributed by atoms with Crippen molar-refractivity contribution in [2.75, 3.05) is 7.11 Å². The molecule has 4 aromatic carbocycles. The van der Waals surface area contributed by atoms with E-state index in [0.29, 0.717) is 12.1 Å². The van der Waals surface area contributed by atoms with Crippen molar-refractivity contribution in [3.05, 3.63) is 161 Å². The Labute approximate surface area is 222 Å². The SMILES string of the molecule is COC(=O)Cc1c[n+](C(c2ccccc2)(c2ccccc2)c2ccccc2)cn1Cc1ccc(C#N)cc1. The number of esters is 1. The van der Waals surface area contributed by atoms with Crippen LogP contribution < -0.4 is 4.57 Å². The van der Waals surface area contributed by atoms with Gasteiger partial charge >= 0.3 is 5.97 Å². The number of nitriles is 1.